The van der Waals surface area contributed by atoms with Crippen LogP contribution in [0.25, 0.3) is 0 Å². The number of hydrogen-bond acceptors (Lipinski definition) is 7. The van der Waals surface area contributed by atoms with Gasteiger partial charge in [-0.05, 0) is 45.4 Å². The quantitative estimate of drug-likeness (QED) is 0.130. The summed E-state index contributed by atoms with van der Waals surface area (Å²) < 4.78 is 16.1. The van der Waals surface area contributed by atoms with Gasteiger partial charge in [0.15, 0.2) is 0 Å². The van der Waals surface area contributed by atoms with Gasteiger partial charge >= 0.3 is 5.97 Å². The number of carbonyl (C=O) groups is 1. The molecule has 0 aromatic heterocycles. The lowest BCUT2D eigenvalue weighted by molar-refractivity contribution is -0.142. The van der Waals surface area contributed by atoms with Gasteiger partial charge in [0, 0.05) is 43.3 Å². The van der Waals surface area contributed by atoms with Crippen LogP contribution in [0.5, 0.6) is 0 Å². The number of hydrogen-bond donors (Lipinski definition) is 4. The molecule has 0 rings (SSSR count). The van der Waals surface area contributed by atoms with E-state index in [0.717, 1.165) is 62.4 Å². The minimum atomic E-state index is -0.929. The van der Waals surface area contributed by atoms with E-state index < -0.39 is 5.97 Å². The van der Waals surface area contributed by atoms with Crippen molar-refractivity contribution in [3.63, 3.8) is 0 Å². The smallest absolute Gasteiger partial charge is 0.329 e. The molecule has 8 heteroatoms. The second-order valence-corrected chi connectivity index (χ2v) is 8.46. The molecule has 0 aliphatic heterocycles. The normalized spacial score (nSPS) is 10.6. The molecular formula is C26H49N3O5. The molecule has 0 saturated heterocycles. The third kappa shape index (κ3) is 26.2. The van der Waals surface area contributed by atoms with E-state index in [4.69, 9.17) is 19.3 Å². The molecule has 0 radical (unpaired) electrons. The van der Waals surface area contributed by atoms with Gasteiger partial charge in [0.05, 0.1) is 26.4 Å². The third-order valence-corrected chi connectivity index (χ3v) is 4.92. The minimum Gasteiger partial charge on any atom is -0.480 e. The summed E-state index contributed by atoms with van der Waals surface area (Å²) in [7, 11) is 0. The molecular weight excluding hydrogens is 434 g/mol. The second kappa shape index (κ2) is 24.1. The molecule has 0 bridgehead atoms. The van der Waals surface area contributed by atoms with Crippen molar-refractivity contribution in [2.75, 3.05) is 59.3 Å². The predicted octanol–water partition coefficient (Wildman–Crippen LogP) is 3.96. The Balaban J connectivity index is 3.29. The molecule has 4 N–H and O–H groups in total. The number of carboxylic acids is 1. The maximum atomic E-state index is 10.3. The van der Waals surface area contributed by atoms with Crippen LogP contribution in [0, 0.1) is 0 Å². The summed E-state index contributed by atoms with van der Waals surface area (Å²) in [6.07, 6.45) is 9.96. The Morgan fingerprint density at radius 2 is 1.24 bits per heavy atom. The van der Waals surface area contributed by atoms with Crippen LogP contribution >= 0.6 is 0 Å². The molecule has 0 aromatic rings. The summed E-state index contributed by atoms with van der Waals surface area (Å²) in [5, 5.41) is 18.3. The highest BCUT2D eigenvalue weighted by Gasteiger charge is 1.99. The van der Waals surface area contributed by atoms with Crippen molar-refractivity contribution in [2.45, 2.75) is 64.7 Å². The highest BCUT2D eigenvalue weighted by atomic mass is 16.5. The van der Waals surface area contributed by atoms with Crippen molar-refractivity contribution in [1.82, 2.24) is 16.0 Å². The van der Waals surface area contributed by atoms with E-state index in [1.807, 2.05) is 6.92 Å². The number of ether oxygens (including phenoxy) is 3. The van der Waals surface area contributed by atoms with E-state index in [0.29, 0.717) is 33.0 Å². The summed E-state index contributed by atoms with van der Waals surface area (Å²) in [6.45, 7) is 18.9. The van der Waals surface area contributed by atoms with Gasteiger partial charge in [-0.25, -0.2) is 4.79 Å². The largest absolute Gasteiger partial charge is 0.480 e. The molecule has 0 saturated carbocycles. The zero-order chi connectivity index (χ0) is 25.3. The van der Waals surface area contributed by atoms with Crippen LogP contribution in [-0.4, -0.2) is 70.4 Å². The van der Waals surface area contributed by atoms with E-state index in [1.165, 1.54) is 32.1 Å². The molecule has 0 heterocycles. The first-order valence-electron chi connectivity index (χ1n) is 12.6. The van der Waals surface area contributed by atoms with Crippen LogP contribution in [0.4, 0.5) is 0 Å². The highest BCUT2D eigenvalue weighted by molar-refractivity contribution is 5.67. The molecule has 0 atom stereocenters. The molecule has 0 aliphatic carbocycles. The van der Waals surface area contributed by atoms with Crippen LogP contribution in [0.1, 0.15) is 64.7 Å². The first-order chi connectivity index (χ1) is 16.4. The average molecular weight is 484 g/mol. The minimum absolute atomic E-state index is 0.225. The Labute approximate surface area is 207 Å². The van der Waals surface area contributed by atoms with Gasteiger partial charge in [0.25, 0.3) is 0 Å². The predicted molar refractivity (Wildman–Crippen MR) is 139 cm³/mol. The van der Waals surface area contributed by atoms with Crippen molar-refractivity contribution >= 4 is 5.97 Å². The van der Waals surface area contributed by atoms with E-state index in [-0.39, 0.29) is 6.61 Å². The van der Waals surface area contributed by atoms with Crippen molar-refractivity contribution in [1.29, 1.82) is 0 Å². The summed E-state index contributed by atoms with van der Waals surface area (Å²) >= 11 is 0. The molecule has 0 aliphatic rings. The van der Waals surface area contributed by atoms with Crippen molar-refractivity contribution in [2.24, 2.45) is 0 Å². The van der Waals surface area contributed by atoms with Crippen LogP contribution in [-0.2, 0) is 19.0 Å². The van der Waals surface area contributed by atoms with Crippen molar-refractivity contribution in [3.8, 4) is 0 Å². The second-order valence-electron chi connectivity index (χ2n) is 8.46. The summed E-state index contributed by atoms with van der Waals surface area (Å²) in [5.41, 5.74) is 2.98. The maximum Gasteiger partial charge on any atom is 0.329 e. The van der Waals surface area contributed by atoms with Crippen molar-refractivity contribution < 1.29 is 24.1 Å². The van der Waals surface area contributed by atoms with Crippen molar-refractivity contribution in [3.05, 3.63) is 36.8 Å². The number of nitrogens with one attached hydrogen (secondary N) is 3. The van der Waals surface area contributed by atoms with Gasteiger partial charge < -0.3 is 35.3 Å². The number of carboxylic acid groups (broad SMARTS) is 1. The fourth-order valence-electron chi connectivity index (χ4n) is 3.08. The molecule has 8 nitrogen and oxygen atoms in total. The lowest BCUT2D eigenvalue weighted by Crippen LogP contribution is -2.21. The number of aliphatic carboxylic acids is 1. The van der Waals surface area contributed by atoms with E-state index >= 15 is 0 Å². The Bertz CT molecular complexity index is 507. The Hall–Kier alpha value is -2.03. The van der Waals surface area contributed by atoms with Gasteiger partial charge in [0.2, 0.25) is 0 Å². The summed E-state index contributed by atoms with van der Waals surface area (Å²) in [6, 6.07) is 0. The topological polar surface area (TPSA) is 101 Å². The standard InChI is InChI=1S/C26H49N3O5/c1-23(2)27-14-10-7-5-6-9-13-24(3)29-16-18-32-19-20-34-21-25(4)28-15-11-8-12-17-33-22-26(30)31/h27-29H,1,3-22H2,2H3,(H,30,31). The molecule has 198 valence electrons. The Morgan fingerprint density at radius 3 is 1.97 bits per heavy atom. The summed E-state index contributed by atoms with van der Waals surface area (Å²) in [5.74, 6) is -0.929. The van der Waals surface area contributed by atoms with Crippen LogP contribution < -0.4 is 16.0 Å². The SMILES string of the molecule is C=C(C)NCCCCCCCC(=C)NCCOCCOCC(=C)NCCCCCOCC(=O)O. The summed E-state index contributed by atoms with van der Waals surface area (Å²) in [4.78, 5) is 10.3. The number of unbranched alkanes of at least 4 members (excludes halogenated alkanes) is 6. The molecule has 0 spiro atoms. The van der Waals surface area contributed by atoms with Crippen LogP contribution in [0.3, 0.4) is 0 Å². The van der Waals surface area contributed by atoms with Gasteiger partial charge in [-0.1, -0.05) is 39.0 Å². The molecule has 0 fully saturated rings. The number of rotatable bonds is 27. The first-order valence-corrected chi connectivity index (χ1v) is 12.6. The van der Waals surface area contributed by atoms with Gasteiger partial charge in [-0.15, -0.1) is 0 Å². The zero-order valence-electron chi connectivity index (χ0n) is 21.4. The van der Waals surface area contributed by atoms with Crippen LogP contribution in [0.2, 0.25) is 0 Å². The monoisotopic (exact) mass is 483 g/mol. The highest BCUT2D eigenvalue weighted by Crippen LogP contribution is 2.08. The van der Waals surface area contributed by atoms with Gasteiger partial charge in [-0.2, -0.15) is 0 Å². The fraction of sp³-hybridized carbons (Fsp3) is 0.731. The van der Waals surface area contributed by atoms with E-state index in [1.54, 1.807) is 0 Å². The maximum absolute atomic E-state index is 10.3. The zero-order valence-corrected chi connectivity index (χ0v) is 21.4. The van der Waals surface area contributed by atoms with Gasteiger partial charge in [-0.3, -0.25) is 0 Å². The third-order valence-electron chi connectivity index (χ3n) is 4.92. The Kier molecular flexibility index (Phi) is 22.7. The number of allylic oxidation sites excluding steroid dienone is 2. The van der Waals surface area contributed by atoms with E-state index in [9.17, 15) is 4.79 Å². The average Bonchev–Trinajstić information content (AvgIpc) is 2.78. The van der Waals surface area contributed by atoms with E-state index in [2.05, 4.69) is 35.7 Å². The molecule has 34 heavy (non-hydrogen) atoms. The lowest BCUT2D eigenvalue weighted by atomic mass is 10.1. The van der Waals surface area contributed by atoms with Crippen LogP contribution in [0.15, 0.2) is 36.8 Å². The molecule has 0 aromatic carbocycles. The first kappa shape index (κ1) is 32.0. The Morgan fingerprint density at radius 1 is 0.647 bits per heavy atom. The fourth-order valence-corrected chi connectivity index (χ4v) is 3.08. The molecule has 0 amide bonds. The molecule has 0 unspecified atom stereocenters. The lowest BCUT2D eigenvalue weighted by Gasteiger charge is -2.12. The van der Waals surface area contributed by atoms with Gasteiger partial charge in [0.1, 0.15) is 6.61 Å².